The van der Waals surface area contributed by atoms with E-state index >= 15 is 0 Å². The molecular weight excluding hydrogens is 288 g/mol. The highest BCUT2D eigenvalue weighted by Crippen LogP contribution is 2.30. The van der Waals surface area contributed by atoms with Gasteiger partial charge in [0, 0.05) is 16.8 Å². The van der Waals surface area contributed by atoms with Gasteiger partial charge in [-0.25, -0.2) is 4.68 Å². The summed E-state index contributed by atoms with van der Waals surface area (Å²) >= 11 is 11.7. The van der Waals surface area contributed by atoms with Crippen LogP contribution in [0.5, 0.6) is 0 Å². The first-order valence-electron chi connectivity index (χ1n) is 4.89. The van der Waals surface area contributed by atoms with Crippen LogP contribution in [0.4, 0.5) is 13.2 Å². The highest BCUT2D eigenvalue weighted by molar-refractivity contribution is 6.32. The topological polar surface area (TPSA) is 17.8 Å². The van der Waals surface area contributed by atoms with Gasteiger partial charge in [-0.05, 0) is 12.1 Å². The molecular formula is C11H7Cl2F3N2. The van der Waals surface area contributed by atoms with Crippen molar-refractivity contribution in [1.29, 1.82) is 0 Å². The Hall–Kier alpha value is -1.20. The number of nitrogens with zero attached hydrogens (tertiary/aromatic N) is 2. The molecule has 1 aromatic heterocycles. The Bertz CT molecular complexity index is 564. The van der Waals surface area contributed by atoms with E-state index in [0.29, 0.717) is 16.3 Å². The zero-order chi connectivity index (χ0) is 13.3. The Balaban J connectivity index is 2.50. The summed E-state index contributed by atoms with van der Waals surface area (Å²) in [4.78, 5) is 0. The lowest BCUT2D eigenvalue weighted by atomic mass is 10.2. The minimum atomic E-state index is -4.42. The minimum Gasteiger partial charge on any atom is -0.240 e. The van der Waals surface area contributed by atoms with E-state index in [1.54, 1.807) is 18.2 Å². The zero-order valence-corrected chi connectivity index (χ0v) is 10.4. The van der Waals surface area contributed by atoms with Crippen LogP contribution >= 0.6 is 23.2 Å². The fourth-order valence-corrected chi connectivity index (χ4v) is 2.08. The first-order valence-corrected chi connectivity index (χ1v) is 5.80. The van der Waals surface area contributed by atoms with E-state index in [9.17, 15) is 13.2 Å². The molecule has 1 aromatic carbocycles. The van der Waals surface area contributed by atoms with Gasteiger partial charge in [0.1, 0.15) is 0 Å². The van der Waals surface area contributed by atoms with Crippen LogP contribution in [0.1, 0.15) is 11.1 Å². The summed E-state index contributed by atoms with van der Waals surface area (Å²) in [6.45, 7) is 0. The average Bonchev–Trinajstić information content (AvgIpc) is 2.77. The number of alkyl halides is 4. The van der Waals surface area contributed by atoms with Gasteiger partial charge in [0.05, 0.1) is 23.3 Å². The Labute approximate surface area is 111 Å². The van der Waals surface area contributed by atoms with E-state index in [0.717, 1.165) is 17.1 Å². The van der Waals surface area contributed by atoms with E-state index in [4.69, 9.17) is 23.2 Å². The number of hydrogen-bond donors (Lipinski definition) is 0. The van der Waals surface area contributed by atoms with Crippen LogP contribution in [-0.4, -0.2) is 9.78 Å². The van der Waals surface area contributed by atoms with E-state index < -0.39 is 11.7 Å². The van der Waals surface area contributed by atoms with Crippen molar-refractivity contribution in [2.24, 2.45) is 0 Å². The molecule has 0 aliphatic carbocycles. The van der Waals surface area contributed by atoms with Crippen LogP contribution in [0.15, 0.2) is 30.6 Å². The molecule has 0 atom stereocenters. The standard InChI is InChI=1S/C11H7Cl2F3N2/c12-4-8-9(13)2-1-3-10(8)18-6-7(5-17-18)11(14,15)16/h1-3,5-6H,4H2. The normalized spacial score (nSPS) is 11.8. The molecule has 18 heavy (non-hydrogen) atoms. The summed E-state index contributed by atoms with van der Waals surface area (Å²) in [5.41, 5.74) is 0.161. The van der Waals surface area contributed by atoms with Crippen LogP contribution in [0.25, 0.3) is 5.69 Å². The van der Waals surface area contributed by atoms with Gasteiger partial charge in [-0.3, -0.25) is 0 Å². The largest absolute Gasteiger partial charge is 0.419 e. The van der Waals surface area contributed by atoms with Crippen LogP contribution in [0, 0.1) is 0 Å². The molecule has 2 rings (SSSR count). The minimum absolute atomic E-state index is 0.0935. The first kappa shape index (κ1) is 13.2. The van der Waals surface area contributed by atoms with Crippen molar-refractivity contribution in [3.05, 3.63) is 46.7 Å². The van der Waals surface area contributed by atoms with Crippen LogP contribution < -0.4 is 0 Å². The molecule has 2 aromatic rings. The van der Waals surface area contributed by atoms with Gasteiger partial charge in [0.25, 0.3) is 0 Å². The lowest BCUT2D eigenvalue weighted by Gasteiger charge is -2.08. The molecule has 0 bridgehead atoms. The second-order valence-corrected chi connectivity index (χ2v) is 4.22. The van der Waals surface area contributed by atoms with Crippen molar-refractivity contribution in [2.75, 3.05) is 0 Å². The van der Waals surface area contributed by atoms with Crippen molar-refractivity contribution in [1.82, 2.24) is 9.78 Å². The van der Waals surface area contributed by atoms with E-state index in [1.165, 1.54) is 0 Å². The smallest absolute Gasteiger partial charge is 0.240 e. The molecule has 96 valence electrons. The van der Waals surface area contributed by atoms with Gasteiger partial charge in [0.15, 0.2) is 0 Å². The van der Waals surface area contributed by atoms with Crippen LogP contribution in [0.2, 0.25) is 5.02 Å². The predicted molar refractivity (Wildman–Crippen MR) is 63.1 cm³/mol. The summed E-state index contributed by atoms with van der Waals surface area (Å²) < 4.78 is 38.5. The molecule has 0 N–H and O–H groups in total. The zero-order valence-electron chi connectivity index (χ0n) is 8.88. The summed E-state index contributed by atoms with van der Waals surface area (Å²) in [5.74, 6) is 0.0935. The maximum absolute atomic E-state index is 12.5. The second kappa shape index (κ2) is 4.82. The Kier molecular flexibility index (Phi) is 3.54. The summed E-state index contributed by atoms with van der Waals surface area (Å²) in [7, 11) is 0. The van der Waals surface area contributed by atoms with Crippen LogP contribution in [-0.2, 0) is 12.1 Å². The number of rotatable bonds is 2. The van der Waals surface area contributed by atoms with E-state index in [-0.39, 0.29) is 5.88 Å². The third-order valence-electron chi connectivity index (χ3n) is 2.38. The van der Waals surface area contributed by atoms with Crippen molar-refractivity contribution in [3.8, 4) is 5.69 Å². The van der Waals surface area contributed by atoms with E-state index in [2.05, 4.69) is 5.10 Å². The van der Waals surface area contributed by atoms with Crippen molar-refractivity contribution < 1.29 is 13.2 Å². The number of hydrogen-bond acceptors (Lipinski definition) is 1. The summed E-state index contributed by atoms with van der Waals surface area (Å²) in [6, 6.07) is 4.86. The van der Waals surface area contributed by atoms with Gasteiger partial charge in [-0.2, -0.15) is 18.3 Å². The molecule has 0 radical (unpaired) electrons. The van der Waals surface area contributed by atoms with Crippen LogP contribution in [0.3, 0.4) is 0 Å². The van der Waals surface area contributed by atoms with Gasteiger partial charge in [-0.15, -0.1) is 11.6 Å². The molecule has 0 amide bonds. The molecule has 1 heterocycles. The molecule has 0 saturated heterocycles. The predicted octanol–water partition coefficient (Wildman–Crippen LogP) is 4.28. The Morgan fingerprint density at radius 2 is 2.00 bits per heavy atom. The van der Waals surface area contributed by atoms with Gasteiger partial charge in [-0.1, -0.05) is 17.7 Å². The second-order valence-electron chi connectivity index (χ2n) is 3.54. The van der Waals surface area contributed by atoms with Crippen molar-refractivity contribution in [2.45, 2.75) is 12.1 Å². The number of benzene rings is 1. The monoisotopic (exact) mass is 294 g/mol. The molecule has 0 spiro atoms. The molecule has 0 fully saturated rings. The highest BCUT2D eigenvalue weighted by atomic mass is 35.5. The Morgan fingerprint density at radius 1 is 1.28 bits per heavy atom. The summed E-state index contributed by atoms with van der Waals surface area (Å²) in [6.07, 6.45) is -2.75. The molecule has 0 saturated carbocycles. The van der Waals surface area contributed by atoms with Crippen molar-refractivity contribution >= 4 is 23.2 Å². The van der Waals surface area contributed by atoms with E-state index in [1.807, 2.05) is 0 Å². The molecule has 7 heteroatoms. The SMILES string of the molecule is FC(F)(F)c1cnn(-c2cccc(Cl)c2CCl)c1. The third kappa shape index (κ3) is 2.47. The van der Waals surface area contributed by atoms with Gasteiger partial charge in [0.2, 0.25) is 0 Å². The number of aromatic nitrogens is 2. The highest BCUT2D eigenvalue weighted by Gasteiger charge is 2.32. The average molecular weight is 295 g/mol. The molecule has 0 unspecified atom stereocenters. The summed E-state index contributed by atoms with van der Waals surface area (Å²) in [5, 5.41) is 4.08. The first-order chi connectivity index (χ1) is 8.43. The maximum Gasteiger partial charge on any atom is 0.419 e. The molecule has 0 aliphatic rings. The quantitative estimate of drug-likeness (QED) is 0.756. The fourth-order valence-electron chi connectivity index (χ4n) is 1.50. The van der Waals surface area contributed by atoms with Gasteiger partial charge < -0.3 is 0 Å². The Morgan fingerprint density at radius 3 is 2.56 bits per heavy atom. The third-order valence-corrected chi connectivity index (χ3v) is 3.01. The fraction of sp³-hybridized carbons (Fsp3) is 0.182. The lowest BCUT2D eigenvalue weighted by molar-refractivity contribution is -0.137. The maximum atomic E-state index is 12.5. The number of halogens is 5. The van der Waals surface area contributed by atoms with Gasteiger partial charge >= 0.3 is 6.18 Å². The molecule has 0 aliphatic heterocycles. The van der Waals surface area contributed by atoms with Crippen molar-refractivity contribution in [3.63, 3.8) is 0 Å². The lowest BCUT2D eigenvalue weighted by Crippen LogP contribution is -2.03. The molecule has 2 nitrogen and oxygen atoms in total.